The molecule has 1 aliphatic heterocycles. The lowest BCUT2D eigenvalue weighted by atomic mass is 10.1. The monoisotopic (exact) mass is 390 g/mol. The van der Waals surface area contributed by atoms with Gasteiger partial charge in [-0.1, -0.05) is 23.7 Å². The maximum Gasteiger partial charge on any atom is 0.199 e. The van der Waals surface area contributed by atoms with Crippen molar-refractivity contribution in [3.05, 3.63) is 55.9 Å². The Labute approximate surface area is 161 Å². The minimum absolute atomic E-state index is 0.710. The maximum atomic E-state index is 6.15. The molecule has 0 N–H and O–H groups in total. The van der Waals surface area contributed by atoms with Gasteiger partial charge < -0.3 is 4.57 Å². The van der Waals surface area contributed by atoms with Crippen LogP contribution in [0, 0.1) is 4.77 Å². The summed E-state index contributed by atoms with van der Waals surface area (Å²) in [6.07, 6.45) is 1.11. The third-order valence-electron chi connectivity index (χ3n) is 4.54. The summed E-state index contributed by atoms with van der Waals surface area (Å²) in [5.41, 5.74) is 2.44. The lowest BCUT2D eigenvalue weighted by molar-refractivity contribution is 0.189. The zero-order valence-corrected chi connectivity index (χ0v) is 16.4. The van der Waals surface area contributed by atoms with Crippen LogP contribution in [-0.2, 0) is 26.2 Å². The van der Waals surface area contributed by atoms with E-state index < -0.39 is 0 Å². The molecule has 4 rings (SSSR count). The van der Waals surface area contributed by atoms with Crippen LogP contribution in [0.5, 0.6) is 0 Å². The molecule has 0 bridgehead atoms. The van der Waals surface area contributed by atoms with Crippen LogP contribution in [0.4, 0.5) is 0 Å². The first-order valence-corrected chi connectivity index (χ1v) is 10.0. The Morgan fingerprint density at radius 1 is 1.32 bits per heavy atom. The van der Waals surface area contributed by atoms with Crippen LogP contribution in [0.3, 0.4) is 0 Å². The van der Waals surface area contributed by atoms with E-state index in [0.29, 0.717) is 11.7 Å². The van der Waals surface area contributed by atoms with Crippen LogP contribution in [-0.4, -0.2) is 25.8 Å². The first-order chi connectivity index (χ1) is 12.2. The number of rotatable bonds is 4. The van der Waals surface area contributed by atoms with Gasteiger partial charge in [0.2, 0.25) is 0 Å². The molecule has 2 aromatic heterocycles. The normalized spacial score (nSPS) is 14.6. The summed E-state index contributed by atoms with van der Waals surface area (Å²) in [5, 5.41) is 7.70. The second-order valence-electron chi connectivity index (χ2n) is 6.17. The predicted octanol–water partition coefficient (Wildman–Crippen LogP) is 4.83. The number of halogens is 1. The lowest BCUT2D eigenvalue weighted by Gasteiger charge is -2.26. The molecule has 4 nitrogen and oxygen atoms in total. The largest absolute Gasteiger partial charge is 0.300 e. The Bertz CT molecular complexity index is 956. The molecular weight excluding hydrogens is 372 g/mol. The van der Waals surface area contributed by atoms with Crippen LogP contribution in [0.1, 0.15) is 17.4 Å². The van der Waals surface area contributed by atoms with Crippen LogP contribution in [0.25, 0.3) is 11.4 Å². The molecule has 0 atom stereocenters. The molecule has 0 saturated heterocycles. The van der Waals surface area contributed by atoms with Gasteiger partial charge in [0.15, 0.2) is 10.6 Å². The Kier molecular flexibility index (Phi) is 4.78. The van der Waals surface area contributed by atoms with Crippen molar-refractivity contribution in [3.63, 3.8) is 0 Å². The zero-order valence-electron chi connectivity index (χ0n) is 14.0. The summed E-state index contributed by atoms with van der Waals surface area (Å²) in [6, 6.07) is 10.0. The topological polar surface area (TPSA) is 26.0 Å². The highest BCUT2D eigenvalue weighted by Crippen LogP contribution is 2.25. The molecule has 7 heteroatoms. The van der Waals surface area contributed by atoms with Gasteiger partial charge in [0.1, 0.15) is 0 Å². The molecule has 25 heavy (non-hydrogen) atoms. The molecular formula is C18H19ClN4S2. The molecule has 0 spiro atoms. The molecule has 0 saturated carbocycles. The average Bonchev–Trinajstić information content (AvgIpc) is 3.19. The van der Waals surface area contributed by atoms with E-state index in [-0.39, 0.29) is 0 Å². The number of nitrogens with zero attached hydrogens (tertiary/aromatic N) is 4. The number of aromatic nitrogens is 3. The summed E-state index contributed by atoms with van der Waals surface area (Å²) < 4.78 is 4.77. The second kappa shape index (κ2) is 7.03. The lowest BCUT2D eigenvalue weighted by Crippen LogP contribution is -2.32. The molecule has 0 aliphatic carbocycles. The Morgan fingerprint density at radius 2 is 2.20 bits per heavy atom. The highest BCUT2D eigenvalue weighted by atomic mass is 35.5. The van der Waals surface area contributed by atoms with Crippen molar-refractivity contribution in [2.24, 2.45) is 0 Å². The summed E-state index contributed by atoms with van der Waals surface area (Å²) in [7, 11) is 0. The van der Waals surface area contributed by atoms with E-state index >= 15 is 0 Å². The maximum absolute atomic E-state index is 6.15. The van der Waals surface area contributed by atoms with Gasteiger partial charge in [0.05, 0.1) is 6.67 Å². The Hall–Kier alpha value is -1.47. The van der Waals surface area contributed by atoms with Gasteiger partial charge in [0.25, 0.3) is 0 Å². The third kappa shape index (κ3) is 3.31. The van der Waals surface area contributed by atoms with Crippen molar-refractivity contribution in [3.8, 4) is 11.4 Å². The summed E-state index contributed by atoms with van der Waals surface area (Å²) in [5.74, 6) is 0.878. The Balaban J connectivity index is 1.64. The number of fused-ring (bicyclic) bond motifs is 1. The number of hydrogen-bond donors (Lipinski definition) is 0. The van der Waals surface area contributed by atoms with E-state index in [1.54, 1.807) is 0 Å². The van der Waals surface area contributed by atoms with Crippen molar-refractivity contribution < 1.29 is 0 Å². The predicted molar refractivity (Wildman–Crippen MR) is 106 cm³/mol. The number of hydrogen-bond acceptors (Lipinski definition) is 4. The van der Waals surface area contributed by atoms with Crippen LogP contribution < -0.4 is 0 Å². The fraction of sp³-hybridized carbons (Fsp3) is 0.333. The molecule has 3 aromatic rings. The van der Waals surface area contributed by atoms with Gasteiger partial charge in [0, 0.05) is 35.1 Å². The first kappa shape index (κ1) is 17.0. The smallest absolute Gasteiger partial charge is 0.199 e. The van der Waals surface area contributed by atoms with E-state index in [1.807, 2.05) is 40.3 Å². The van der Waals surface area contributed by atoms with E-state index in [1.165, 1.54) is 10.4 Å². The first-order valence-electron chi connectivity index (χ1n) is 8.37. The second-order valence-corrected chi connectivity index (χ2v) is 7.98. The minimum atomic E-state index is 0.710. The van der Waals surface area contributed by atoms with E-state index in [2.05, 4.69) is 27.8 Å². The number of thiophene rings is 1. The molecule has 1 aliphatic rings. The van der Waals surface area contributed by atoms with Crippen LogP contribution in [0.15, 0.2) is 35.7 Å². The van der Waals surface area contributed by atoms with Crippen molar-refractivity contribution in [2.75, 3.05) is 6.54 Å². The van der Waals surface area contributed by atoms with Gasteiger partial charge in [-0.2, -0.15) is 5.10 Å². The average molecular weight is 391 g/mol. The minimum Gasteiger partial charge on any atom is -0.300 e. The van der Waals surface area contributed by atoms with Crippen molar-refractivity contribution in [2.45, 2.75) is 33.1 Å². The Morgan fingerprint density at radius 3 is 3.00 bits per heavy atom. The molecule has 0 amide bonds. The van der Waals surface area contributed by atoms with Gasteiger partial charge >= 0.3 is 0 Å². The van der Waals surface area contributed by atoms with Gasteiger partial charge in [-0.25, -0.2) is 4.68 Å². The van der Waals surface area contributed by atoms with Gasteiger partial charge in [-0.05, 0) is 54.7 Å². The highest BCUT2D eigenvalue weighted by molar-refractivity contribution is 7.71. The van der Waals surface area contributed by atoms with Crippen LogP contribution >= 0.6 is 35.2 Å². The highest BCUT2D eigenvalue weighted by Gasteiger charge is 2.19. The van der Waals surface area contributed by atoms with Gasteiger partial charge in [-0.15, -0.1) is 11.3 Å². The number of benzene rings is 1. The van der Waals surface area contributed by atoms with E-state index in [9.17, 15) is 0 Å². The molecule has 130 valence electrons. The van der Waals surface area contributed by atoms with E-state index in [4.69, 9.17) is 28.9 Å². The third-order valence-corrected chi connectivity index (χ3v) is 6.23. The van der Waals surface area contributed by atoms with Crippen molar-refractivity contribution in [1.82, 2.24) is 19.2 Å². The molecule has 0 unspecified atom stereocenters. The van der Waals surface area contributed by atoms with Crippen molar-refractivity contribution >= 4 is 35.2 Å². The molecule has 1 aromatic carbocycles. The fourth-order valence-corrected chi connectivity index (χ4v) is 4.67. The molecule has 0 fully saturated rings. The quantitative estimate of drug-likeness (QED) is 0.596. The van der Waals surface area contributed by atoms with E-state index in [0.717, 1.165) is 42.2 Å². The van der Waals surface area contributed by atoms with Gasteiger partial charge in [-0.3, -0.25) is 4.90 Å². The summed E-state index contributed by atoms with van der Waals surface area (Å²) >= 11 is 13.7. The standard InChI is InChI=1S/C18H19ClN4S2/c1-2-22-17(13-4-3-5-15(19)10-13)20-23(18(22)24)12-21-8-6-16-14(11-21)7-9-25-16/h3-5,7,9-10H,2,6,8,11-12H2,1H3. The fourth-order valence-electron chi connectivity index (χ4n) is 3.28. The van der Waals surface area contributed by atoms with Crippen molar-refractivity contribution in [1.29, 1.82) is 0 Å². The molecule has 3 heterocycles. The SMILES string of the molecule is CCn1c(-c2cccc(Cl)c2)nn(CN2CCc3sccc3C2)c1=S. The zero-order chi connectivity index (χ0) is 17.4. The van der Waals surface area contributed by atoms with Crippen LogP contribution in [0.2, 0.25) is 5.02 Å². The molecule has 0 radical (unpaired) electrons. The summed E-state index contributed by atoms with van der Waals surface area (Å²) in [4.78, 5) is 3.91. The summed E-state index contributed by atoms with van der Waals surface area (Å²) in [6.45, 7) is 5.60.